The fourth-order valence-electron chi connectivity index (χ4n) is 4.37. The van der Waals surface area contributed by atoms with E-state index in [2.05, 4.69) is 15.1 Å². The molecule has 1 amide bonds. The number of fused-ring (bicyclic) bond motifs is 1. The molecule has 1 aliphatic rings. The van der Waals surface area contributed by atoms with E-state index in [0.29, 0.717) is 11.3 Å². The molecule has 11 heteroatoms. The number of hydrogen-bond acceptors (Lipinski definition) is 6. The Balaban J connectivity index is 1.92. The molecule has 2 aromatic heterocycles. The first-order valence-corrected chi connectivity index (χ1v) is 14.0. The Morgan fingerprint density at radius 2 is 1.84 bits per heavy atom. The summed E-state index contributed by atoms with van der Waals surface area (Å²) in [5.41, 5.74) is 1.23. The molecule has 0 aromatic carbocycles. The van der Waals surface area contributed by atoms with E-state index in [1.165, 1.54) is 0 Å². The minimum Gasteiger partial charge on any atom is -0.598 e. The van der Waals surface area contributed by atoms with Crippen molar-refractivity contribution in [1.82, 2.24) is 24.6 Å². The maximum atomic E-state index is 13.9. The van der Waals surface area contributed by atoms with Gasteiger partial charge in [-0.3, -0.25) is 0 Å². The first-order valence-electron chi connectivity index (χ1n) is 12.9. The van der Waals surface area contributed by atoms with Gasteiger partial charge in [-0.1, -0.05) is 13.8 Å². The second kappa shape index (κ2) is 11.0. The third-order valence-electron chi connectivity index (χ3n) is 6.40. The molecule has 0 aliphatic heterocycles. The quantitative estimate of drug-likeness (QED) is 0.425. The lowest BCUT2D eigenvalue weighted by atomic mass is 9.81. The number of nitrogens with one attached hydrogen (secondary N) is 2. The number of alkyl carbamates (subject to hydrolysis) is 1. The predicted molar refractivity (Wildman–Crippen MR) is 141 cm³/mol. The lowest BCUT2D eigenvalue weighted by molar-refractivity contribution is -0.0500. The fourth-order valence-corrected chi connectivity index (χ4v) is 5.37. The number of carbonyl (C=O) groups excluding carboxylic acids is 1. The highest BCUT2D eigenvalue weighted by atomic mass is 32.2. The summed E-state index contributed by atoms with van der Waals surface area (Å²) in [5, 5.41) is 7.40. The molecule has 208 valence electrons. The number of aromatic nitrogens is 3. The van der Waals surface area contributed by atoms with Gasteiger partial charge in [0.1, 0.15) is 10.3 Å². The van der Waals surface area contributed by atoms with Crippen LogP contribution in [0.5, 0.6) is 0 Å². The van der Waals surface area contributed by atoms with Crippen LogP contribution in [0.1, 0.15) is 104 Å². The van der Waals surface area contributed by atoms with E-state index in [0.717, 1.165) is 5.56 Å². The molecule has 0 bridgehead atoms. The lowest BCUT2D eigenvalue weighted by Crippen LogP contribution is -2.42. The standard InChI is InChI=1S/C26H41F2N5O3S/c1-16(2)21(32-37(35)25(6,7)8)18-13-20-30-19(15-33(20)29-14-18)22(31-23(34)36-24(3,4)5)17-9-11-26(27,28)12-10-17/h13-17,21-22,32H,9-12H2,1-8H3,(H,31,34)/t21?,22-,37-/m0/s1. The molecule has 0 saturated heterocycles. The second-order valence-electron chi connectivity index (χ2n) is 12.3. The van der Waals surface area contributed by atoms with E-state index in [1.807, 2.05) is 40.7 Å². The fraction of sp³-hybridized carbons (Fsp3) is 0.731. The van der Waals surface area contributed by atoms with E-state index in [9.17, 15) is 18.1 Å². The van der Waals surface area contributed by atoms with Crippen LogP contribution >= 0.6 is 0 Å². The molecule has 2 N–H and O–H groups in total. The maximum Gasteiger partial charge on any atom is 0.408 e. The van der Waals surface area contributed by atoms with Gasteiger partial charge in [-0.25, -0.2) is 23.1 Å². The predicted octanol–water partition coefficient (Wildman–Crippen LogP) is 5.87. The maximum absolute atomic E-state index is 13.9. The van der Waals surface area contributed by atoms with Crippen LogP contribution < -0.4 is 10.0 Å². The number of halogens is 2. The highest BCUT2D eigenvalue weighted by Gasteiger charge is 2.40. The van der Waals surface area contributed by atoms with Crippen molar-refractivity contribution in [3.63, 3.8) is 0 Å². The molecule has 1 unspecified atom stereocenters. The van der Waals surface area contributed by atoms with Crippen molar-refractivity contribution in [1.29, 1.82) is 0 Å². The number of hydrogen-bond donors (Lipinski definition) is 2. The van der Waals surface area contributed by atoms with Crippen molar-refractivity contribution in [3.8, 4) is 0 Å². The molecular weight excluding hydrogens is 500 g/mol. The molecule has 1 aliphatic carbocycles. The molecule has 0 spiro atoms. The highest BCUT2D eigenvalue weighted by molar-refractivity contribution is 7.90. The van der Waals surface area contributed by atoms with Crippen LogP contribution in [0.3, 0.4) is 0 Å². The largest absolute Gasteiger partial charge is 0.598 e. The molecular formula is C26H41F2N5O3S. The molecule has 2 heterocycles. The number of amides is 1. The minimum atomic E-state index is -2.69. The first kappa shape index (κ1) is 29.6. The van der Waals surface area contributed by atoms with Gasteiger partial charge in [-0.2, -0.15) is 5.10 Å². The van der Waals surface area contributed by atoms with Crippen molar-refractivity contribution in [2.45, 2.75) is 109 Å². The van der Waals surface area contributed by atoms with Crippen molar-refractivity contribution in [3.05, 3.63) is 29.7 Å². The van der Waals surface area contributed by atoms with E-state index in [1.54, 1.807) is 37.7 Å². The average Bonchev–Trinajstić information content (AvgIpc) is 3.16. The van der Waals surface area contributed by atoms with Crippen molar-refractivity contribution < 1.29 is 22.9 Å². The third kappa shape index (κ3) is 8.00. The molecule has 0 radical (unpaired) electrons. The zero-order valence-corrected chi connectivity index (χ0v) is 23.9. The van der Waals surface area contributed by atoms with Gasteiger partial charge in [0, 0.05) is 24.2 Å². The summed E-state index contributed by atoms with van der Waals surface area (Å²) < 4.78 is 50.4. The van der Waals surface area contributed by atoms with Gasteiger partial charge in [0.05, 0.1) is 30.2 Å². The van der Waals surface area contributed by atoms with E-state index in [4.69, 9.17) is 9.72 Å². The monoisotopic (exact) mass is 541 g/mol. The van der Waals surface area contributed by atoms with Gasteiger partial charge in [0.2, 0.25) is 5.92 Å². The molecule has 2 aromatic rings. The Hall–Kier alpha value is -1.98. The summed E-state index contributed by atoms with van der Waals surface area (Å²) >= 11 is -1.28. The normalized spacial score (nSPS) is 19.6. The SMILES string of the molecule is CC(C)C(N[S@@+]([O-])C(C)(C)C)c1cnn2cc([C@@H](NC(=O)OC(C)(C)C)C3CCC(F)(F)CC3)nc2c1. The zero-order chi connectivity index (χ0) is 27.8. The molecule has 3 atom stereocenters. The first-order chi connectivity index (χ1) is 16.9. The second-order valence-corrected chi connectivity index (χ2v) is 14.3. The molecule has 8 nitrogen and oxygen atoms in total. The van der Waals surface area contributed by atoms with Crippen LogP contribution in [-0.4, -0.2) is 41.5 Å². The van der Waals surface area contributed by atoms with Crippen LogP contribution in [0.2, 0.25) is 0 Å². The summed E-state index contributed by atoms with van der Waals surface area (Å²) in [4.78, 5) is 17.4. The molecule has 1 fully saturated rings. The van der Waals surface area contributed by atoms with Gasteiger partial charge in [-0.15, -0.1) is 4.72 Å². The van der Waals surface area contributed by atoms with E-state index >= 15 is 0 Å². The zero-order valence-electron chi connectivity index (χ0n) is 23.1. The Bertz CT molecular complexity index is 1070. The summed E-state index contributed by atoms with van der Waals surface area (Å²) in [7, 11) is 0. The number of nitrogens with zero attached hydrogens (tertiary/aromatic N) is 3. The minimum absolute atomic E-state index is 0.135. The molecule has 1 saturated carbocycles. The Morgan fingerprint density at radius 3 is 2.38 bits per heavy atom. The number of alkyl halides is 2. The summed E-state index contributed by atoms with van der Waals surface area (Å²) in [6.45, 7) is 15.1. The van der Waals surface area contributed by atoms with Crippen molar-refractivity contribution in [2.75, 3.05) is 0 Å². The summed E-state index contributed by atoms with van der Waals surface area (Å²) in [6.07, 6.45) is 2.89. The van der Waals surface area contributed by atoms with E-state index in [-0.39, 0.29) is 43.6 Å². The van der Waals surface area contributed by atoms with Crippen molar-refractivity contribution >= 4 is 23.1 Å². The smallest absolute Gasteiger partial charge is 0.408 e. The Labute approximate surface area is 221 Å². The van der Waals surface area contributed by atoms with Gasteiger partial charge >= 0.3 is 6.09 Å². The van der Waals surface area contributed by atoms with Crippen LogP contribution in [0.15, 0.2) is 18.5 Å². The average molecular weight is 542 g/mol. The topological polar surface area (TPSA) is 104 Å². The number of carbonyl (C=O) groups is 1. The molecule has 3 rings (SSSR count). The van der Waals surface area contributed by atoms with E-state index < -0.39 is 39.8 Å². The van der Waals surface area contributed by atoms with Crippen LogP contribution in [0.25, 0.3) is 5.65 Å². The third-order valence-corrected chi connectivity index (χ3v) is 7.98. The summed E-state index contributed by atoms with van der Waals surface area (Å²) in [6, 6.07) is 1.07. The highest BCUT2D eigenvalue weighted by Crippen LogP contribution is 2.41. The van der Waals surface area contributed by atoms with Crippen molar-refractivity contribution in [2.24, 2.45) is 11.8 Å². The van der Waals surface area contributed by atoms with Crippen LogP contribution in [-0.2, 0) is 16.1 Å². The van der Waals surface area contributed by atoms with Gasteiger partial charge in [-0.05, 0) is 77.8 Å². The van der Waals surface area contributed by atoms with Gasteiger partial charge in [0.25, 0.3) is 0 Å². The number of imidazole rings is 1. The number of ether oxygens (including phenoxy) is 1. The van der Waals surface area contributed by atoms with Gasteiger partial charge in [0.15, 0.2) is 5.65 Å². The van der Waals surface area contributed by atoms with Gasteiger partial charge < -0.3 is 14.6 Å². The Kier molecular flexibility index (Phi) is 8.81. The lowest BCUT2D eigenvalue weighted by Gasteiger charge is -2.33. The Morgan fingerprint density at radius 1 is 1.22 bits per heavy atom. The molecule has 37 heavy (non-hydrogen) atoms. The summed E-state index contributed by atoms with van der Waals surface area (Å²) in [5.74, 6) is -2.76. The van der Waals surface area contributed by atoms with Crippen LogP contribution in [0.4, 0.5) is 13.6 Å². The van der Waals surface area contributed by atoms with Crippen LogP contribution in [0, 0.1) is 11.8 Å². The number of rotatable bonds is 7.